The first-order valence-corrected chi connectivity index (χ1v) is 9.55. The number of hydrogen-bond acceptors (Lipinski definition) is 5. The number of hydrogen-bond donors (Lipinski definition) is 2. The highest BCUT2D eigenvalue weighted by atomic mass is 16.5. The lowest BCUT2D eigenvalue weighted by molar-refractivity contribution is -0.141. The van der Waals surface area contributed by atoms with Crippen molar-refractivity contribution in [3.05, 3.63) is 29.8 Å². The van der Waals surface area contributed by atoms with Crippen LogP contribution in [0.5, 0.6) is 0 Å². The van der Waals surface area contributed by atoms with E-state index in [-0.39, 0.29) is 36.3 Å². The standard InChI is InChI=1S/C20H26N4O4/c1-28-18(26)11-4-13-2-7-16(8-3-13)24-17(25)12-23(20(24)27)15-9-5-14(6-10-15)19(21)22/h5-6,9-10,13,16H,2-4,7-8,11-12H2,1H3,(H3,21,22). The number of ether oxygens (including phenoxy) is 1. The molecule has 0 spiro atoms. The lowest BCUT2D eigenvalue weighted by Crippen LogP contribution is -2.43. The number of esters is 1. The van der Waals surface area contributed by atoms with E-state index in [2.05, 4.69) is 4.74 Å². The van der Waals surface area contributed by atoms with Crippen molar-refractivity contribution in [2.75, 3.05) is 18.6 Å². The molecule has 1 saturated carbocycles. The number of urea groups is 1. The average molecular weight is 386 g/mol. The predicted octanol–water partition coefficient (Wildman–Crippen LogP) is 2.25. The lowest BCUT2D eigenvalue weighted by Gasteiger charge is -2.33. The summed E-state index contributed by atoms with van der Waals surface area (Å²) in [6, 6.07) is 6.37. The number of carbonyl (C=O) groups excluding carboxylic acids is 3. The quantitative estimate of drug-likeness (QED) is 0.337. The fraction of sp³-hybridized carbons (Fsp3) is 0.500. The number of amides is 3. The number of nitrogens with one attached hydrogen (secondary N) is 1. The minimum Gasteiger partial charge on any atom is -0.469 e. The Hall–Kier alpha value is -2.90. The minimum atomic E-state index is -0.293. The molecule has 3 rings (SSSR count). The monoisotopic (exact) mass is 386 g/mol. The van der Waals surface area contributed by atoms with Crippen LogP contribution < -0.4 is 10.6 Å². The van der Waals surface area contributed by atoms with Crippen LogP contribution in [0.25, 0.3) is 0 Å². The van der Waals surface area contributed by atoms with Crippen LogP contribution in [0.3, 0.4) is 0 Å². The van der Waals surface area contributed by atoms with Gasteiger partial charge >= 0.3 is 12.0 Å². The van der Waals surface area contributed by atoms with Gasteiger partial charge in [-0.05, 0) is 62.3 Å². The van der Waals surface area contributed by atoms with Crippen molar-refractivity contribution in [1.82, 2.24) is 4.90 Å². The third-order valence-electron chi connectivity index (χ3n) is 5.65. The molecule has 1 heterocycles. The summed E-state index contributed by atoms with van der Waals surface area (Å²) in [6.45, 7) is 0.0283. The molecule has 1 aromatic rings. The molecule has 3 amide bonds. The van der Waals surface area contributed by atoms with Crippen LogP contribution in [-0.4, -0.2) is 48.3 Å². The lowest BCUT2D eigenvalue weighted by atomic mass is 9.83. The molecule has 8 nitrogen and oxygen atoms in total. The van der Waals surface area contributed by atoms with Gasteiger partial charge in [-0.15, -0.1) is 0 Å². The van der Waals surface area contributed by atoms with E-state index in [4.69, 9.17) is 11.1 Å². The van der Waals surface area contributed by atoms with Gasteiger partial charge in [-0.1, -0.05) is 0 Å². The Kier molecular flexibility index (Phi) is 5.96. The zero-order chi connectivity index (χ0) is 20.3. The van der Waals surface area contributed by atoms with E-state index in [1.165, 1.54) is 16.9 Å². The molecule has 2 fully saturated rings. The first-order chi connectivity index (χ1) is 13.4. The van der Waals surface area contributed by atoms with Gasteiger partial charge in [0, 0.05) is 23.7 Å². The van der Waals surface area contributed by atoms with E-state index in [1.54, 1.807) is 24.3 Å². The molecule has 0 bridgehead atoms. The zero-order valence-corrected chi connectivity index (χ0v) is 16.0. The maximum Gasteiger partial charge on any atom is 0.331 e. The summed E-state index contributed by atoms with van der Waals surface area (Å²) in [5.74, 6) is 0.0106. The van der Waals surface area contributed by atoms with E-state index >= 15 is 0 Å². The zero-order valence-electron chi connectivity index (χ0n) is 16.0. The Morgan fingerprint density at radius 3 is 2.39 bits per heavy atom. The Morgan fingerprint density at radius 2 is 1.82 bits per heavy atom. The molecule has 8 heteroatoms. The molecular weight excluding hydrogens is 360 g/mol. The third kappa shape index (κ3) is 4.16. The van der Waals surface area contributed by atoms with E-state index in [9.17, 15) is 14.4 Å². The van der Waals surface area contributed by atoms with Crippen LogP contribution in [-0.2, 0) is 14.3 Å². The number of anilines is 1. The van der Waals surface area contributed by atoms with Crippen molar-refractivity contribution < 1.29 is 19.1 Å². The highest BCUT2D eigenvalue weighted by Gasteiger charge is 2.42. The van der Waals surface area contributed by atoms with Gasteiger partial charge in [0.15, 0.2) is 0 Å². The first kappa shape index (κ1) is 19.9. The van der Waals surface area contributed by atoms with Gasteiger partial charge in [-0.25, -0.2) is 4.79 Å². The van der Waals surface area contributed by atoms with Gasteiger partial charge < -0.3 is 10.5 Å². The molecule has 0 unspecified atom stereocenters. The normalized spacial score (nSPS) is 22.5. The summed E-state index contributed by atoms with van der Waals surface area (Å²) in [6.07, 6.45) is 4.52. The number of carbonyl (C=O) groups is 3. The molecule has 1 aromatic carbocycles. The second-order valence-electron chi connectivity index (χ2n) is 7.38. The summed E-state index contributed by atoms with van der Waals surface area (Å²) in [5.41, 5.74) is 6.65. The molecule has 3 N–H and O–H groups in total. The minimum absolute atomic E-state index is 0.0283. The number of benzene rings is 1. The fourth-order valence-electron chi connectivity index (χ4n) is 4.01. The van der Waals surface area contributed by atoms with Gasteiger partial charge in [0.05, 0.1) is 7.11 Å². The first-order valence-electron chi connectivity index (χ1n) is 9.55. The summed E-state index contributed by atoms with van der Waals surface area (Å²) in [5, 5.41) is 7.44. The van der Waals surface area contributed by atoms with Gasteiger partial charge in [-0.3, -0.25) is 24.8 Å². The van der Waals surface area contributed by atoms with Gasteiger partial charge in [-0.2, -0.15) is 0 Å². The molecule has 0 radical (unpaired) electrons. The van der Waals surface area contributed by atoms with Crippen LogP contribution >= 0.6 is 0 Å². The number of nitrogens with zero attached hydrogens (tertiary/aromatic N) is 2. The molecular formula is C20H26N4O4. The van der Waals surface area contributed by atoms with Crippen LogP contribution in [0.4, 0.5) is 10.5 Å². The molecule has 1 saturated heterocycles. The van der Waals surface area contributed by atoms with Crippen LogP contribution in [0.2, 0.25) is 0 Å². The van der Waals surface area contributed by atoms with Gasteiger partial charge in [0.2, 0.25) is 0 Å². The second-order valence-corrected chi connectivity index (χ2v) is 7.38. The van der Waals surface area contributed by atoms with Crippen molar-refractivity contribution >= 4 is 29.4 Å². The second kappa shape index (κ2) is 8.41. The van der Waals surface area contributed by atoms with Gasteiger partial charge in [0.1, 0.15) is 12.4 Å². The van der Waals surface area contributed by atoms with Crippen molar-refractivity contribution in [3.63, 3.8) is 0 Å². The third-order valence-corrected chi connectivity index (χ3v) is 5.65. The van der Waals surface area contributed by atoms with E-state index < -0.39 is 0 Å². The largest absolute Gasteiger partial charge is 0.469 e. The Labute approximate surface area is 164 Å². The maximum atomic E-state index is 12.9. The average Bonchev–Trinajstić information content (AvgIpc) is 3.00. The van der Waals surface area contributed by atoms with Crippen molar-refractivity contribution in [1.29, 1.82) is 5.41 Å². The molecule has 1 aliphatic heterocycles. The summed E-state index contributed by atoms with van der Waals surface area (Å²) in [4.78, 5) is 39.6. The molecule has 1 aliphatic carbocycles. The topological polar surface area (TPSA) is 117 Å². The highest BCUT2D eigenvalue weighted by molar-refractivity contribution is 6.12. The number of imide groups is 1. The molecule has 0 aromatic heterocycles. The van der Waals surface area contributed by atoms with Crippen molar-refractivity contribution in [2.45, 2.75) is 44.6 Å². The molecule has 2 aliphatic rings. The van der Waals surface area contributed by atoms with Crippen molar-refractivity contribution in [2.24, 2.45) is 11.7 Å². The number of methoxy groups -OCH3 is 1. The summed E-state index contributed by atoms with van der Waals surface area (Å²) < 4.78 is 4.69. The van der Waals surface area contributed by atoms with Crippen LogP contribution in [0.1, 0.15) is 44.1 Å². The fourth-order valence-corrected chi connectivity index (χ4v) is 4.01. The van der Waals surface area contributed by atoms with Crippen LogP contribution in [0.15, 0.2) is 24.3 Å². The predicted molar refractivity (Wildman–Crippen MR) is 104 cm³/mol. The summed E-state index contributed by atoms with van der Waals surface area (Å²) in [7, 11) is 1.39. The molecule has 150 valence electrons. The Morgan fingerprint density at radius 1 is 1.18 bits per heavy atom. The number of nitrogens with two attached hydrogens (primary N) is 1. The van der Waals surface area contributed by atoms with Crippen LogP contribution in [0, 0.1) is 11.3 Å². The SMILES string of the molecule is COC(=O)CCC1CCC(N2C(=O)CN(c3ccc(C(=N)N)cc3)C2=O)CC1. The van der Waals surface area contributed by atoms with Crippen molar-refractivity contribution in [3.8, 4) is 0 Å². The maximum absolute atomic E-state index is 12.9. The Balaban J connectivity index is 1.60. The number of nitrogen functional groups attached to an aromatic ring is 1. The highest BCUT2D eigenvalue weighted by Crippen LogP contribution is 2.33. The summed E-state index contributed by atoms with van der Waals surface area (Å²) >= 11 is 0. The molecule has 28 heavy (non-hydrogen) atoms. The van der Waals surface area contributed by atoms with Gasteiger partial charge in [0.25, 0.3) is 5.91 Å². The number of amidine groups is 1. The van der Waals surface area contributed by atoms with E-state index in [0.717, 1.165) is 32.1 Å². The number of rotatable bonds is 6. The Bertz CT molecular complexity index is 769. The molecule has 0 atom stereocenters. The smallest absolute Gasteiger partial charge is 0.331 e. The van der Waals surface area contributed by atoms with E-state index in [1.807, 2.05) is 0 Å². The van der Waals surface area contributed by atoms with E-state index in [0.29, 0.717) is 23.6 Å².